The lowest BCUT2D eigenvalue weighted by molar-refractivity contribution is -0.132. The van der Waals surface area contributed by atoms with Gasteiger partial charge in [-0.05, 0) is 37.4 Å². The van der Waals surface area contributed by atoms with Gasteiger partial charge in [-0.3, -0.25) is 19.5 Å². The number of amides is 1. The minimum absolute atomic E-state index is 0.0802. The summed E-state index contributed by atoms with van der Waals surface area (Å²) in [6.07, 6.45) is 7.85. The Morgan fingerprint density at radius 1 is 1.34 bits per heavy atom. The maximum Gasteiger partial charge on any atom is 0.256 e. The zero-order chi connectivity index (χ0) is 20.2. The van der Waals surface area contributed by atoms with Gasteiger partial charge >= 0.3 is 0 Å². The Labute approximate surface area is 171 Å². The average Bonchev–Trinajstić information content (AvgIpc) is 2.74. The highest BCUT2D eigenvalue weighted by Gasteiger charge is 2.28. The monoisotopic (exact) mass is 395 g/mol. The van der Waals surface area contributed by atoms with Crippen LogP contribution in [0.2, 0.25) is 0 Å². The van der Waals surface area contributed by atoms with Gasteiger partial charge in [0.1, 0.15) is 5.82 Å². The molecule has 2 aromatic rings. The quantitative estimate of drug-likeness (QED) is 0.840. The van der Waals surface area contributed by atoms with Gasteiger partial charge in [0.2, 0.25) is 5.91 Å². The number of likely N-dealkylation sites (tertiary alicyclic amines) is 1. The molecule has 2 aromatic heterocycles. The van der Waals surface area contributed by atoms with E-state index in [0.717, 1.165) is 50.4 Å². The fourth-order valence-electron chi connectivity index (χ4n) is 4.39. The van der Waals surface area contributed by atoms with Gasteiger partial charge in [0, 0.05) is 50.8 Å². The molecule has 4 rings (SSSR count). The molecule has 154 valence electrons. The number of aromatic amines is 1. The lowest BCUT2D eigenvalue weighted by atomic mass is 9.96. The molecule has 1 fully saturated rings. The number of H-pyrrole nitrogens is 1. The fourth-order valence-corrected chi connectivity index (χ4v) is 4.39. The second kappa shape index (κ2) is 8.86. The molecule has 0 bridgehead atoms. The molecule has 1 amide bonds. The normalized spacial score (nSPS) is 19.8. The first-order chi connectivity index (χ1) is 14.1. The summed E-state index contributed by atoms with van der Waals surface area (Å²) in [5.74, 6) is 1.16. The Kier molecular flexibility index (Phi) is 6.04. The molecular formula is C22H29N5O2. The smallest absolute Gasteiger partial charge is 0.256 e. The van der Waals surface area contributed by atoms with Gasteiger partial charge in [0.15, 0.2) is 0 Å². The second-order valence-electron chi connectivity index (χ2n) is 8.13. The van der Waals surface area contributed by atoms with Crippen LogP contribution in [0.25, 0.3) is 0 Å². The third-order valence-electron chi connectivity index (χ3n) is 5.92. The van der Waals surface area contributed by atoms with Crippen molar-refractivity contribution in [3.8, 4) is 0 Å². The summed E-state index contributed by atoms with van der Waals surface area (Å²) in [7, 11) is 0. The Morgan fingerprint density at radius 3 is 3.03 bits per heavy atom. The fraction of sp³-hybridized carbons (Fsp3) is 0.545. The molecule has 1 saturated heterocycles. The van der Waals surface area contributed by atoms with Gasteiger partial charge in [-0.15, -0.1) is 0 Å². The van der Waals surface area contributed by atoms with Crippen molar-refractivity contribution in [1.82, 2.24) is 24.8 Å². The maximum atomic E-state index is 12.8. The lowest BCUT2D eigenvalue weighted by Crippen LogP contribution is -2.40. The standard InChI is InChI=1S/C22H29N5O2/c1-2-5-20(28)27-11-8-19-18(15-27)22(29)25-21(24-19)17-7-4-10-26(14-17)13-16-6-3-9-23-12-16/h3,6,9,12,17H,2,4-5,7-8,10-11,13-15H2,1H3,(H,24,25,29). The molecule has 1 N–H and O–H groups in total. The predicted octanol–water partition coefficient (Wildman–Crippen LogP) is 2.23. The van der Waals surface area contributed by atoms with Crippen LogP contribution >= 0.6 is 0 Å². The molecule has 0 radical (unpaired) electrons. The first-order valence-electron chi connectivity index (χ1n) is 10.6. The van der Waals surface area contributed by atoms with Gasteiger partial charge in [-0.2, -0.15) is 0 Å². The first kappa shape index (κ1) is 19.8. The molecule has 4 heterocycles. The van der Waals surface area contributed by atoms with Gasteiger partial charge in [-0.25, -0.2) is 4.98 Å². The molecule has 0 aromatic carbocycles. The molecule has 2 aliphatic heterocycles. The number of nitrogens with zero attached hydrogens (tertiary/aromatic N) is 4. The molecule has 0 spiro atoms. The van der Waals surface area contributed by atoms with Crippen LogP contribution in [0, 0.1) is 0 Å². The van der Waals surface area contributed by atoms with E-state index in [2.05, 4.69) is 20.9 Å². The van der Waals surface area contributed by atoms with E-state index in [1.807, 2.05) is 19.2 Å². The molecule has 0 aliphatic carbocycles. The summed E-state index contributed by atoms with van der Waals surface area (Å²) in [6.45, 7) is 5.84. The molecule has 2 aliphatic rings. The van der Waals surface area contributed by atoms with Crippen molar-refractivity contribution in [1.29, 1.82) is 0 Å². The number of hydrogen-bond donors (Lipinski definition) is 1. The Hall–Kier alpha value is -2.54. The highest BCUT2D eigenvalue weighted by Crippen LogP contribution is 2.26. The molecular weight excluding hydrogens is 366 g/mol. The molecule has 1 unspecified atom stereocenters. The second-order valence-corrected chi connectivity index (χ2v) is 8.13. The largest absolute Gasteiger partial charge is 0.338 e. The zero-order valence-corrected chi connectivity index (χ0v) is 17.1. The van der Waals surface area contributed by atoms with Crippen LogP contribution in [-0.2, 0) is 24.3 Å². The number of nitrogens with one attached hydrogen (secondary N) is 1. The van der Waals surface area contributed by atoms with E-state index < -0.39 is 0 Å². The minimum Gasteiger partial charge on any atom is -0.338 e. The van der Waals surface area contributed by atoms with Crippen LogP contribution in [0.15, 0.2) is 29.3 Å². The molecule has 1 atom stereocenters. The van der Waals surface area contributed by atoms with E-state index in [0.29, 0.717) is 31.5 Å². The number of pyridine rings is 1. The van der Waals surface area contributed by atoms with E-state index >= 15 is 0 Å². The zero-order valence-electron chi connectivity index (χ0n) is 17.1. The number of piperidine rings is 1. The van der Waals surface area contributed by atoms with Crippen molar-refractivity contribution in [3.63, 3.8) is 0 Å². The predicted molar refractivity (Wildman–Crippen MR) is 110 cm³/mol. The van der Waals surface area contributed by atoms with Gasteiger partial charge in [0.25, 0.3) is 5.56 Å². The highest BCUT2D eigenvalue weighted by atomic mass is 16.2. The molecule has 0 saturated carbocycles. The van der Waals surface area contributed by atoms with E-state index in [9.17, 15) is 9.59 Å². The van der Waals surface area contributed by atoms with Crippen LogP contribution < -0.4 is 5.56 Å². The van der Waals surface area contributed by atoms with E-state index in [1.165, 1.54) is 5.56 Å². The summed E-state index contributed by atoms with van der Waals surface area (Å²) in [6, 6.07) is 4.06. The van der Waals surface area contributed by atoms with Crippen molar-refractivity contribution >= 4 is 5.91 Å². The van der Waals surface area contributed by atoms with Crippen LogP contribution in [0.1, 0.15) is 61.2 Å². The Balaban J connectivity index is 1.48. The van der Waals surface area contributed by atoms with E-state index in [1.54, 1.807) is 11.1 Å². The number of hydrogen-bond acceptors (Lipinski definition) is 5. The van der Waals surface area contributed by atoms with Gasteiger partial charge < -0.3 is 9.88 Å². The first-order valence-corrected chi connectivity index (χ1v) is 10.6. The summed E-state index contributed by atoms with van der Waals surface area (Å²) in [4.78, 5) is 41.3. The van der Waals surface area contributed by atoms with Crippen LogP contribution in [0.4, 0.5) is 0 Å². The maximum absolute atomic E-state index is 12.8. The third-order valence-corrected chi connectivity index (χ3v) is 5.92. The number of fused-ring (bicyclic) bond motifs is 1. The summed E-state index contributed by atoms with van der Waals surface area (Å²) >= 11 is 0. The van der Waals surface area contributed by atoms with Crippen molar-refractivity contribution < 1.29 is 4.79 Å². The van der Waals surface area contributed by atoms with E-state index in [4.69, 9.17) is 4.98 Å². The number of aromatic nitrogens is 3. The highest BCUT2D eigenvalue weighted by molar-refractivity contribution is 5.76. The third kappa shape index (κ3) is 4.56. The number of carbonyl (C=O) groups is 1. The lowest BCUT2D eigenvalue weighted by Gasteiger charge is -2.33. The van der Waals surface area contributed by atoms with Crippen LogP contribution in [0.3, 0.4) is 0 Å². The summed E-state index contributed by atoms with van der Waals surface area (Å²) < 4.78 is 0. The van der Waals surface area contributed by atoms with Gasteiger partial charge in [0.05, 0.1) is 17.8 Å². The molecule has 7 nitrogen and oxygen atoms in total. The average molecular weight is 396 g/mol. The Bertz CT molecular complexity index is 911. The molecule has 7 heteroatoms. The molecule has 29 heavy (non-hydrogen) atoms. The van der Waals surface area contributed by atoms with Crippen molar-refractivity contribution in [3.05, 3.63) is 57.5 Å². The van der Waals surface area contributed by atoms with Crippen molar-refractivity contribution in [2.75, 3.05) is 19.6 Å². The van der Waals surface area contributed by atoms with Crippen LogP contribution in [0.5, 0.6) is 0 Å². The summed E-state index contributed by atoms with van der Waals surface area (Å²) in [5, 5.41) is 0. The minimum atomic E-state index is -0.0802. The summed E-state index contributed by atoms with van der Waals surface area (Å²) in [5.41, 5.74) is 2.65. The van der Waals surface area contributed by atoms with Gasteiger partial charge in [-0.1, -0.05) is 13.0 Å². The SMILES string of the molecule is CCCC(=O)N1CCc2nc(C3CCCN(Cc4cccnc4)C3)[nH]c(=O)c2C1. The van der Waals surface area contributed by atoms with Crippen molar-refractivity contribution in [2.24, 2.45) is 0 Å². The number of rotatable bonds is 5. The van der Waals surface area contributed by atoms with Crippen LogP contribution in [-0.4, -0.2) is 50.3 Å². The van der Waals surface area contributed by atoms with E-state index in [-0.39, 0.29) is 17.4 Å². The number of carbonyl (C=O) groups excluding carboxylic acids is 1. The Morgan fingerprint density at radius 2 is 2.24 bits per heavy atom. The topological polar surface area (TPSA) is 82.2 Å². The van der Waals surface area contributed by atoms with Crippen molar-refractivity contribution in [2.45, 2.75) is 58.0 Å².